The van der Waals surface area contributed by atoms with Gasteiger partial charge in [0.25, 0.3) is 5.91 Å². The van der Waals surface area contributed by atoms with E-state index in [1.165, 1.54) is 25.7 Å². The van der Waals surface area contributed by atoms with Crippen LogP contribution in [0.15, 0.2) is 10.6 Å². The van der Waals surface area contributed by atoms with E-state index in [4.69, 9.17) is 4.52 Å². The topological polar surface area (TPSA) is 55.1 Å². The lowest BCUT2D eigenvalue weighted by Crippen LogP contribution is -2.40. The van der Waals surface area contributed by atoms with Gasteiger partial charge in [-0.1, -0.05) is 11.6 Å². The van der Waals surface area contributed by atoms with Gasteiger partial charge in [0.05, 0.1) is 0 Å². The molecule has 2 saturated carbocycles. The van der Waals surface area contributed by atoms with Crippen molar-refractivity contribution in [3.8, 4) is 0 Å². The predicted molar refractivity (Wildman–Crippen MR) is 67.1 cm³/mol. The van der Waals surface area contributed by atoms with Crippen LogP contribution < -0.4 is 5.32 Å². The van der Waals surface area contributed by atoms with Gasteiger partial charge in [0.1, 0.15) is 5.76 Å². The fourth-order valence-corrected chi connectivity index (χ4v) is 3.77. The molecule has 0 aliphatic heterocycles. The van der Waals surface area contributed by atoms with Crippen LogP contribution >= 0.6 is 0 Å². The second-order valence-corrected chi connectivity index (χ2v) is 5.92. The zero-order valence-electron chi connectivity index (χ0n) is 11.0. The van der Waals surface area contributed by atoms with Crippen molar-refractivity contribution < 1.29 is 9.32 Å². The van der Waals surface area contributed by atoms with E-state index >= 15 is 0 Å². The number of carbonyl (C=O) groups excluding carboxylic acids is 1. The minimum Gasteiger partial charge on any atom is -0.361 e. The van der Waals surface area contributed by atoms with Crippen molar-refractivity contribution >= 4 is 5.91 Å². The van der Waals surface area contributed by atoms with Crippen LogP contribution in [0.3, 0.4) is 0 Å². The van der Waals surface area contributed by atoms with Crippen LogP contribution in [0.2, 0.25) is 0 Å². The number of rotatable bonds is 3. The number of hydrogen-bond donors (Lipinski definition) is 1. The van der Waals surface area contributed by atoms with E-state index in [-0.39, 0.29) is 11.9 Å². The van der Waals surface area contributed by atoms with Crippen LogP contribution in [0.1, 0.15) is 48.9 Å². The van der Waals surface area contributed by atoms with Gasteiger partial charge in [0, 0.05) is 12.1 Å². The number of carbonyl (C=O) groups is 1. The van der Waals surface area contributed by atoms with E-state index in [2.05, 4.69) is 17.4 Å². The van der Waals surface area contributed by atoms with Gasteiger partial charge in [0.15, 0.2) is 5.69 Å². The molecule has 1 aromatic heterocycles. The first-order chi connectivity index (χ1) is 8.63. The summed E-state index contributed by atoms with van der Waals surface area (Å²) in [5.74, 6) is 2.95. The fraction of sp³-hybridized carbons (Fsp3) is 0.714. The SMILES string of the molecule is Cc1cc(C(=O)N[C@H](C)[C@@H]2C[C@H]3CC[C@H]2C3)no1. The van der Waals surface area contributed by atoms with E-state index in [1.807, 2.05) is 0 Å². The maximum absolute atomic E-state index is 12.0. The Kier molecular flexibility index (Phi) is 2.88. The molecule has 1 heterocycles. The summed E-state index contributed by atoms with van der Waals surface area (Å²) in [6.45, 7) is 3.92. The molecular weight excluding hydrogens is 228 g/mol. The summed E-state index contributed by atoms with van der Waals surface area (Å²) in [5, 5.41) is 6.83. The van der Waals surface area contributed by atoms with Crippen LogP contribution in [0.4, 0.5) is 0 Å². The van der Waals surface area contributed by atoms with E-state index in [9.17, 15) is 4.79 Å². The van der Waals surface area contributed by atoms with E-state index in [0.29, 0.717) is 17.4 Å². The molecule has 98 valence electrons. The molecule has 1 amide bonds. The highest BCUT2D eigenvalue weighted by atomic mass is 16.5. The number of nitrogens with one attached hydrogen (secondary N) is 1. The first-order valence-corrected chi connectivity index (χ1v) is 6.87. The predicted octanol–water partition coefficient (Wildman–Crippen LogP) is 2.54. The highest BCUT2D eigenvalue weighted by Gasteiger charge is 2.42. The van der Waals surface area contributed by atoms with E-state index < -0.39 is 0 Å². The molecule has 4 heteroatoms. The second-order valence-electron chi connectivity index (χ2n) is 5.92. The molecule has 0 unspecified atom stereocenters. The standard InChI is InChI=1S/C14H20N2O2/c1-8-5-13(16-18-8)14(17)15-9(2)12-7-10-3-4-11(12)6-10/h5,9-12H,3-4,6-7H2,1-2H3,(H,15,17)/t9-,10+,11+,12+/m1/s1. The molecule has 2 fully saturated rings. The molecule has 3 rings (SSSR count). The Morgan fingerprint density at radius 2 is 2.33 bits per heavy atom. The highest BCUT2D eigenvalue weighted by Crippen LogP contribution is 2.49. The molecule has 2 aliphatic rings. The van der Waals surface area contributed by atoms with Crippen LogP contribution in [0.25, 0.3) is 0 Å². The quantitative estimate of drug-likeness (QED) is 0.894. The Morgan fingerprint density at radius 1 is 1.50 bits per heavy atom. The van der Waals surface area contributed by atoms with Crippen LogP contribution in [-0.4, -0.2) is 17.1 Å². The Labute approximate surface area is 107 Å². The molecule has 4 atom stereocenters. The van der Waals surface area contributed by atoms with E-state index in [1.54, 1.807) is 13.0 Å². The largest absolute Gasteiger partial charge is 0.361 e. The Hall–Kier alpha value is -1.32. The molecule has 18 heavy (non-hydrogen) atoms. The summed E-state index contributed by atoms with van der Waals surface area (Å²) >= 11 is 0. The van der Waals surface area contributed by atoms with Crippen molar-refractivity contribution in [2.75, 3.05) is 0 Å². The third kappa shape index (κ3) is 2.04. The fourth-order valence-electron chi connectivity index (χ4n) is 3.77. The maximum atomic E-state index is 12.0. The molecule has 0 spiro atoms. The van der Waals surface area contributed by atoms with Gasteiger partial charge in [0.2, 0.25) is 0 Å². The molecule has 0 saturated heterocycles. The smallest absolute Gasteiger partial charge is 0.273 e. The lowest BCUT2D eigenvalue weighted by molar-refractivity contribution is 0.0906. The summed E-state index contributed by atoms with van der Waals surface area (Å²) in [6.07, 6.45) is 5.39. The van der Waals surface area contributed by atoms with Gasteiger partial charge >= 0.3 is 0 Å². The van der Waals surface area contributed by atoms with Crippen molar-refractivity contribution in [3.63, 3.8) is 0 Å². The van der Waals surface area contributed by atoms with Crippen molar-refractivity contribution in [3.05, 3.63) is 17.5 Å². The van der Waals surface area contributed by atoms with Crippen LogP contribution in [0.5, 0.6) is 0 Å². The number of nitrogens with zero attached hydrogens (tertiary/aromatic N) is 1. The summed E-state index contributed by atoms with van der Waals surface area (Å²) in [6, 6.07) is 1.92. The van der Waals surface area contributed by atoms with Gasteiger partial charge in [-0.3, -0.25) is 4.79 Å². The zero-order chi connectivity index (χ0) is 12.7. The Bertz CT molecular complexity index is 454. The first-order valence-electron chi connectivity index (χ1n) is 6.87. The Balaban J connectivity index is 1.61. The highest BCUT2D eigenvalue weighted by molar-refractivity contribution is 5.92. The number of aryl methyl sites for hydroxylation is 1. The summed E-state index contributed by atoms with van der Waals surface area (Å²) in [5.41, 5.74) is 0.391. The number of fused-ring (bicyclic) bond motifs is 2. The number of amides is 1. The molecule has 0 aromatic carbocycles. The van der Waals surface area contributed by atoms with Crippen molar-refractivity contribution in [2.24, 2.45) is 17.8 Å². The van der Waals surface area contributed by atoms with E-state index in [0.717, 1.165) is 11.8 Å². The molecular formula is C14H20N2O2. The van der Waals surface area contributed by atoms with Crippen molar-refractivity contribution in [1.29, 1.82) is 0 Å². The van der Waals surface area contributed by atoms with Gasteiger partial charge in [-0.2, -0.15) is 0 Å². The van der Waals surface area contributed by atoms with Crippen LogP contribution in [-0.2, 0) is 0 Å². The monoisotopic (exact) mass is 248 g/mol. The van der Waals surface area contributed by atoms with Crippen molar-refractivity contribution in [1.82, 2.24) is 10.5 Å². The third-order valence-electron chi connectivity index (χ3n) is 4.65. The number of hydrogen-bond acceptors (Lipinski definition) is 3. The van der Waals surface area contributed by atoms with Gasteiger partial charge in [-0.25, -0.2) is 0 Å². The summed E-state index contributed by atoms with van der Waals surface area (Å²) in [4.78, 5) is 12.0. The zero-order valence-corrected chi connectivity index (χ0v) is 11.0. The molecule has 1 aromatic rings. The molecule has 4 nitrogen and oxygen atoms in total. The van der Waals surface area contributed by atoms with Gasteiger partial charge < -0.3 is 9.84 Å². The second kappa shape index (κ2) is 4.41. The first kappa shape index (κ1) is 11.8. The molecule has 1 N–H and O–H groups in total. The Morgan fingerprint density at radius 3 is 2.89 bits per heavy atom. The van der Waals surface area contributed by atoms with Gasteiger partial charge in [-0.05, 0) is 50.9 Å². The lowest BCUT2D eigenvalue weighted by Gasteiger charge is -2.28. The average Bonchev–Trinajstić information content (AvgIpc) is 3.03. The molecule has 0 radical (unpaired) electrons. The van der Waals surface area contributed by atoms with Crippen LogP contribution in [0, 0.1) is 24.7 Å². The van der Waals surface area contributed by atoms with Gasteiger partial charge in [-0.15, -0.1) is 0 Å². The minimum atomic E-state index is -0.109. The minimum absolute atomic E-state index is 0.109. The lowest BCUT2D eigenvalue weighted by atomic mass is 9.84. The summed E-state index contributed by atoms with van der Waals surface area (Å²) in [7, 11) is 0. The molecule has 2 aliphatic carbocycles. The average molecular weight is 248 g/mol. The van der Waals surface area contributed by atoms with Crippen molar-refractivity contribution in [2.45, 2.75) is 45.6 Å². The third-order valence-corrected chi connectivity index (χ3v) is 4.65. The maximum Gasteiger partial charge on any atom is 0.273 e. The normalized spacial score (nSPS) is 31.6. The molecule has 2 bridgehead atoms. The summed E-state index contributed by atoms with van der Waals surface area (Å²) < 4.78 is 4.93. The number of aromatic nitrogens is 1.